The minimum Gasteiger partial charge on any atom is -0.437 e. The number of rotatable bonds is 4. The highest BCUT2D eigenvalue weighted by atomic mass is 19.3. The van der Waals surface area contributed by atoms with Gasteiger partial charge in [-0.1, -0.05) is 0 Å². The maximum absolute atomic E-state index is 13.3. The summed E-state index contributed by atoms with van der Waals surface area (Å²) in [5.41, 5.74) is 2.02. The Morgan fingerprint density at radius 3 is 2.57 bits per heavy atom. The van der Waals surface area contributed by atoms with Gasteiger partial charge in [0, 0.05) is 24.4 Å². The van der Waals surface area contributed by atoms with E-state index in [9.17, 15) is 18.4 Å². The second-order valence-corrected chi connectivity index (χ2v) is 7.41. The van der Waals surface area contributed by atoms with Crippen LogP contribution in [0.5, 0.6) is 11.6 Å². The first-order valence-corrected chi connectivity index (χ1v) is 9.33. The van der Waals surface area contributed by atoms with Crippen molar-refractivity contribution >= 4 is 5.69 Å². The van der Waals surface area contributed by atoms with E-state index in [1.165, 1.54) is 15.7 Å². The largest absolute Gasteiger partial charge is 0.437 e. The van der Waals surface area contributed by atoms with Gasteiger partial charge in [0.05, 0.1) is 18.8 Å². The number of ether oxygens (including phenoxy) is 1. The molecule has 0 radical (unpaired) electrons. The first-order valence-electron chi connectivity index (χ1n) is 9.33. The van der Waals surface area contributed by atoms with Crippen molar-refractivity contribution in [1.82, 2.24) is 14.5 Å². The van der Waals surface area contributed by atoms with Crippen LogP contribution < -0.4 is 20.9 Å². The fourth-order valence-corrected chi connectivity index (χ4v) is 3.58. The number of aromatic nitrogens is 3. The molecule has 3 heterocycles. The summed E-state index contributed by atoms with van der Waals surface area (Å²) in [6, 6.07) is 8.56. The third-order valence-electron chi connectivity index (χ3n) is 5.16. The maximum Gasteiger partial charge on any atom is 0.328 e. The van der Waals surface area contributed by atoms with Gasteiger partial charge >= 0.3 is 5.69 Å². The lowest BCUT2D eigenvalue weighted by Gasteiger charge is -2.40. The van der Waals surface area contributed by atoms with Crippen molar-refractivity contribution in [2.45, 2.75) is 19.8 Å². The molecule has 7 nitrogen and oxygen atoms in total. The summed E-state index contributed by atoms with van der Waals surface area (Å²) in [4.78, 5) is 32.0. The molecule has 0 unspecified atom stereocenters. The molecule has 156 valence electrons. The van der Waals surface area contributed by atoms with Crippen molar-refractivity contribution in [3.05, 3.63) is 68.5 Å². The van der Waals surface area contributed by atoms with Crippen LogP contribution in [0.25, 0.3) is 11.3 Å². The van der Waals surface area contributed by atoms with Gasteiger partial charge < -0.3 is 9.64 Å². The van der Waals surface area contributed by atoms with Crippen molar-refractivity contribution in [3.8, 4) is 22.9 Å². The molecule has 1 fully saturated rings. The second-order valence-electron chi connectivity index (χ2n) is 7.41. The van der Waals surface area contributed by atoms with Crippen LogP contribution in [0.15, 0.2) is 46.1 Å². The lowest BCUT2D eigenvalue weighted by molar-refractivity contribution is -0.0264. The van der Waals surface area contributed by atoms with Crippen LogP contribution in [-0.2, 0) is 7.05 Å². The van der Waals surface area contributed by atoms with Crippen molar-refractivity contribution in [3.63, 3.8) is 0 Å². The lowest BCUT2D eigenvalue weighted by atomic mass is 10.0. The number of pyridine rings is 1. The topological polar surface area (TPSA) is 80.2 Å². The van der Waals surface area contributed by atoms with Gasteiger partial charge in [-0.15, -0.1) is 0 Å². The fourth-order valence-electron chi connectivity index (χ4n) is 3.58. The third kappa shape index (κ3) is 3.47. The molecule has 0 bridgehead atoms. The molecule has 1 aliphatic rings. The molecule has 0 spiro atoms. The molecule has 0 aliphatic carbocycles. The molecule has 9 heteroatoms. The first kappa shape index (κ1) is 19.8. The van der Waals surface area contributed by atoms with Gasteiger partial charge in [-0.05, 0) is 49.7 Å². The molecule has 4 rings (SSSR count). The van der Waals surface area contributed by atoms with E-state index in [-0.39, 0.29) is 19.0 Å². The zero-order valence-electron chi connectivity index (χ0n) is 16.7. The van der Waals surface area contributed by atoms with Crippen LogP contribution in [0.3, 0.4) is 0 Å². The molecule has 1 saturated heterocycles. The van der Waals surface area contributed by atoms with E-state index in [2.05, 4.69) is 9.97 Å². The Hall–Kier alpha value is -3.49. The zero-order valence-corrected chi connectivity index (χ0v) is 16.7. The molecule has 1 aliphatic heterocycles. The number of hydrogen-bond acceptors (Lipinski definition) is 5. The molecule has 3 aromatic rings. The summed E-state index contributed by atoms with van der Waals surface area (Å²) in [6.45, 7) is 2.74. The quantitative estimate of drug-likeness (QED) is 0.710. The minimum atomic E-state index is -2.70. The van der Waals surface area contributed by atoms with Crippen molar-refractivity contribution < 1.29 is 13.5 Å². The summed E-state index contributed by atoms with van der Waals surface area (Å²) in [5.74, 6) is -2.00. The fraction of sp³-hybridized carbons (Fsp3) is 0.286. The van der Waals surface area contributed by atoms with Gasteiger partial charge in [0.2, 0.25) is 5.88 Å². The number of alkyl halides is 2. The van der Waals surface area contributed by atoms with Crippen LogP contribution in [0.2, 0.25) is 0 Å². The number of H-pyrrole nitrogens is 1. The number of hydrogen-bond donors (Lipinski definition) is 1. The Bertz CT molecular complexity index is 1210. The van der Waals surface area contributed by atoms with Gasteiger partial charge in [-0.2, -0.15) is 0 Å². The highest BCUT2D eigenvalue weighted by Gasteiger charge is 2.45. The van der Waals surface area contributed by atoms with Gasteiger partial charge in [0.15, 0.2) is 0 Å². The van der Waals surface area contributed by atoms with Crippen LogP contribution in [0.1, 0.15) is 11.1 Å². The van der Waals surface area contributed by atoms with E-state index >= 15 is 0 Å². The summed E-state index contributed by atoms with van der Waals surface area (Å²) < 4.78 is 33.8. The lowest BCUT2D eigenvalue weighted by Crippen LogP contribution is -2.56. The van der Waals surface area contributed by atoms with Crippen LogP contribution in [-0.4, -0.2) is 33.5 Å². The average molecular weight is 414 g/mol. The van der Waals surface area contributed by atoms with Crippen LogP contribution in [0.4, 0.5) is 14.5 Å². The van der Waals surface area contributed by atoms with Crippen molar-refractivity contribution in [2.75, 3.05) is 18.0 Å². The molecular formula is C21H20F2N4O3. The summed E-state index contributed by atoms with van der Waals surface area (Å²) in [5, 5.41) is 0. The van der Waals surface area contributed by atoms with Crippen molar-refractivity contribution in [1.29, 1.82) is 0 Å². The second kappa shape index (κ2) is 7.08. The monoisotopic (exact) mass is 414 g/mol. The van der Waals surface area contributed by atoms with Crippen LogP contribution >= 0.6 is 0 Å². The number of nitrogens with zero attached hydrogens (tertiary/aromatic N) is 3. The Morgan fingerprint density at radius 2 is 1.90 bits per heavy atom. The molecule has 0 saturated carbocycles. The SMILES string of the molecule is Cc1cc(Oc2ncccc2N2CC(F)(F)C2)ccc1-c1c(C)c(=O)[nH]c(=O)n1C. The van der Waals surface area contributed by atoms with E-state index in [0.29, 0.717) is 28.3 Å². The predicted molar refractivity (Wildman–Crippen MR) is 109 cm³/mol. The van der Waals surface area contributed by atoms with Gasteiger partial charge in [0.25, 0.3) is 11.5 Å². The summed E-state index contributed by atoms with van der Waals surface area (Å²) in [6.07, 6.45) is 1.54. The maximum atomic E-state index is 13.3. The standard InChI is InChI=1S/C21H20F2N4O3/c1-12-9-14(6-7-15(12)17-13(2)18(28)25-20(29)26(17)3)30-19-16(5-4-8-24-19)27-10-21(22,23)11-27/h4-9H,10-11H2,1-3H3,(H,25,28,29). The van der Waals surface area contributed by atoms with E-state index in [0.717, 1.165) is 5.56 Å². The number of benzene rings is 1. The summed E-state index contributed by atoms with van der Waals surface area (Å²) in [7, 11) is 1.59. The number of aryl methyl sites for hydroxylation is 1. The van der Waals surface area contributed by atoms with Gasteiger partial charge in [0.1, 0.15) is 11.4 Å². The number of anilines is 1. The molecule has 0 atom stereocenters. The smallest absolute Gasteiger partial charge is 0.328 e. The summed E-state index contributed by atoms with van der Waals surface area (Å²) >= 11 is 0. The third-order valence-corrected chi connectivity index (χ3v) is 5.16. The average Bonchev–Trinajstić information content (AvgIpc) is 2.67. The Labute approximate surface area is 170 Å². The molecule has 1 N–H and O–H groups in total. The van der Waals surface area contributed by atoms with Crippen LogP contribution in [0, 0.1) is 13.8 Å². The van der Waals surface area contributed by atoms with E-state index in [1.807, 2.05) is 6.92 Å². The number of halogens is 2. The Balaban J connectivity index is 1.67. The van der Waals surface area contributed by atoms with E-state index < -0.39 is 17.2 Å². The Kier molecular flexibility index (Phi) is 4.68. The highest BCUT2D eigenvalue weighted by molar-refractivity contribution is 5.68. The highest BCUT2D eigenvalue weighted by Crippen LogP contribution is 2.38. The van der Waals surface area contributed by atoms with E-state index in [1.54, 1.807) is 44.3 Å². The van der Waals surface area contributed by atoms with E-state index in [4.69, 9.17) is 4.74 Å². The Morgan fingerprint density at radius 1 is 1.17 bits per heavy atom. The van der Waals surface area contributed by atoms with Gasteiger partial charge in [-0.25, -0.2) is 18.6 Å². The minimum absolute atomic E-state index is 0.236. The first-order chi connectivity index (χ1) is 14.2. The number of nitrogens with one attached hydrogen (secondary N) is 1. The van der Waals surface area contributed by atoms with Crippen molar-refractivity contribution in [2.24, 2.45) is 7.05 Å². The number of aromatic amines is 1. The predicted octanol–water partition coefficient (Wildman–Crippen LogP) is 3.00. The molecule has 0 amide bonds. The molecule has 30 heavy (non-hydrogen) atoms. The van der Waals surface area contributed by atoms with Gasteiger partial charge in [-0.3, -0.25) is 14.3 Å². The molecule has 1 aromatic carbocycles. The zero-order chi connectivity index (χ0) is 21.6. The molecular weight excluding hydrogens is 394 g/mol. The normalized spacial score (nSPS) is 15.0. The molecule has 2 aromatic heterocycles.